The van der Waals surface area contributed by atoms with Gasteiger partial charge in [0.15, 0.2) is 9.84 Å². The number of amides is 1. The van der Waals surface area contributed by atoms with Gasteiger partial charge in [0, 0.05) is 24.1 Å². The summed E-state index contributed by atoms with van der Waals surface area (Å²) in [5.74, 6) is -1.42. The van der Waals surface area contributed by atoms with Crippen LogP contribution in [0.3, 0.4) is 0 Å². The van der Waals surface area contributed by atoms with Gasteiger partial charge in [0.05, 0.1) is 41.8 Å². The number of aromatic nitrogens is 1. The van der Waals surface area contributed by atoms with E-state index in [1.165, 1.54) is 62.6 Å². The van der Waals surface area contributed by atoms with Crippen LogP contribution in [0.25, 0.3) is 0 Å². The average molecular weight is 578 g/mol. The molecule has 1 unspecified atom stereocenters. The van der Waals surface area contributed by atoms with Crippen LogP contribution < -0.4 is 14.4 Å². The SMILES string of the molecule is CCS(=O)(=O)c1ccc([C@H](CO)NC(=O)c2ccc(N3C(C)Cc4nc(OC)ccc4S3(=O)=O)c(F)c2)cc1. The van der Waals surface area contributed by atoms with Crippen molar-refractivity contribution < 1.29 is 35.9 Å². The highest BCUT2D eigenvalue weighted by Gasteiger charge is 2.39. The van der Waals surface area contributed by atoms with E-state index >= 15 is 4.39 Å². The van der Waals surface area contributed by atoms with Crippen molar-refractivity contribution in [1.29, 1.82) is 0 Å². The number of fused-ring (bicyclic) bond motifs is 1. The second-order valence-corrected chi connectivity index (χ2v) is 13.1. The van der Waals surface area contributed by atoms with E-state index in [9.17, 15) is 26.7 Å². The monoisotopic (exact) mass is 577 g/mol. The molecule has 1 aromatic heterocycles. The number of methoxy groups -OCH3 is 1. The van der Waals surface area contributed by atoms with E-state index in [4.69, 9.17) is 4.74 Å². The van der Waals surface area contributed by atoms with Crippen molar-refractivity contribution in [1.82, 2.24) is 10.3 Å². The summed E-state index contributed by atoms with van der Waals surface area (Å²) in [6, 6.07) is 10.4. The minimum Gasteiger partial charge on any atom is -0.481 e. The Morgan fingerprint density at radius 1 is 1.21 bits per heavy atom. The number of sulfone groups is 1. The largest absolute Gasteiger partial charge is 0.481 e. The summed E-state index contributed by atoms with van der Waals surface area (Å²) in [5.41, 5.74) is 0.473. The number of carbonyl (C=O) groups excluding carboxylic acids is 1. The van der Waals surface area contributed by atoms with E-state index in [0.29, 0.717) is 11.3 Å². The number of aliphatic hydroxyl groups is 1. The van der Waals surface area contributed by atoms with Crippen LogP contribution in [-0.4, -0.2) is 58.3 Å². The molecule has 0 fully saturated rings. The summed E-state index contributed by atoms with van der Waals surface area (Å²) in [6.07, 6.45) is 0.226. The first kappa shape index (κ1) is 28.5. The van der Waals surface area contributed by atoms with Gasteiger partial charge in [-0.25, -0.2) is 26.2 Å². The second kappa shape index (κ2) is 10.9. The summed E-state index contributed by atoms with van der Waals surface area (Å²) in [4.78, 5) is 17.2. The van der Waals surface area contributed by atoms with Gasteiger partial charge >= 0.3 is 0 Å². The highest BCUT2D eigenvalue weighted by molar-refractivity contribution is 7.93. The highest BCUT2D eigenvalue weighted by Crippen LogP contribution is 2.36. The lowest BCUT2D eigenvalue weighted by molar-refractivity contribution is 0.0915. The number of sulfonamides is 1. The zero-order chi connectivity index (χ0) is 28.5. The minimum absolute atomic E-state index is 0.0498. The molecule has 1 amide bonds. The molecule has 39 heavy (non-hydrogen) atoms. The molecular formula is C26H28FN3O7S2. The summed E-state index contributed by atoms with van der Waals surface area (Å²) in [5, 5.41) is 12.4. The molecule has 1 aliphatic rings. The van der Waals surface area contributed by atoms with Crippen LogP contribution in [0, 0.1) is 5.82 Å². The van der Waals surface area contributed by atoms with Crippen molar-refractivity contribution in [2.45, 2.75) is 42.1 Å². The van der Waals surface area contributed by atoms with Gasteiger partial charge in [0.25, 0.3) is 15.9 Å². The Bertz CT molecular complexity index is 1610. The fourth-order valence-corrected chi connectivity index (χ4v) is 7.13. The van der Waals surface area contributed by atoms with E-state index < -0.39 is 50.3 Å². The Kier molecular flexibility index (Phi) is 7.96. The molecule has 4 rings (SSSR count). The van der Waals surface area contributed by atoms with Crippen LogP contribution >= 0.6 is 0 Å². The molecule has 1 aliphatic heterocycles. The van der Waals surface area contributed by atoms with Crippen LogP contribution in [0.4, 0.5) is 10.1 Å². The maximum Gasteiger partial charge on any atom is 0.266 e. The van der Waals surface area contributed by atoms with Crippen molar-refractivity contribution in [3.05, 3.63) is 77.2 Å². The van der Waals surface area contributed by atoms with Gasteiger partial charge < -0.3 is 15.2 Å². The molecule has 13 heteroatoms. The summed E-state index contributed by atoms with van der Waals surface area (Å²) in [6.45, 7) is 2.66. The third-order valence-electron chi connectivity index (χ3n) is 6.50. The number of carbonyl (C=O) groups is 1. The number of aliphatic hydroxyl groups excluding tert-OH is 1. The lowest BCUT2D eigenvalue weighted by atomic mass is 10.1. The number of benzene rings is 2. The Balaban J connectivity index is 1.57. The number of nitrogens with one attached hydrogen (secondary N) is 1. The Morgan fingerprint density at radius 3 is 2.49 bits per heavy atom. The standard InChI is InChI=1S/C26H28FN3O7S2/c1-4-38(33,34)19-8-5-17(6-9-19)22(15-31)29-26(32)18-7-10-23(20(27)14-18)30-16(2)13-21-24(39(30,35)36)11-12-25(28-21)37-3/h5-12,14,16,22,31H,4,13,15H2,1-3H3,(H,29,32)/t16?,22-/m0/s1. The molecule has 0 bridgehead atoms. The number of rotatable bonds is 8. The zero-order valence-electron chi connectivity index (χ0n) is 21.5. The first-order chi connectivity index (χ1) is 18.4. The van der Waals surface area contributed by atoms with Gasteiger partial charge in [-0.05, 0) is 48.9 Å². The van der Waals surface area contributed by atoms with Crippen molar-refractivity contribution in [3.8, 4) is 5.88 Å². The first-order valence-electron chi connectivity index (χ1n) is 12.0. The van der Waals surface area contributed by atoms with E-state index in [0.717, 1.165) is 10.4 Å². The normalized spacial score (nSPS) is 17.3. The van der Waals surface area contributed by atoms with Crippen molar-refractivity contribution in [2.24, 2.45) is 0 Å². The minimum atomic E-state index is -4.14. The number of pyridine rings is 1. The molecule has 2 aromatic carbocycles. The maximum absolute atomic E-state index is 15.3. The fraction of sp³-hybridized carbons (Fsp3) is 0.308. The molecule has 10 nitrogen and oxygen atoms in total. The van der Waals surface area contributed by atoms with E-state index in [1.807, 2.05) is 0 Å². The van der Waals surface area contributed by atoms with Crippen LogP contribution in [-0.2, 0) is 26.3 Å². The molecule has 208 valence electrons. The Hall–Kier alpha value is -3.55. The van der Waals surface area contributed by atoms with Gasteiger partial charge in [-0.15, -0.1) is 0 Å². The first-order valence-corrected chi connectivity index (χ1v) is 15.1. The van der Waals surface area contributed by atoms with Gasteiger partial charge in [0.2, 0.25) is 5.88 Å². The highest BCUT2D eigenvalue weighted by atomic mass is 32.2. The van der Waals surface area contributed by atoms with Crippen LogP contribution in [0.15, 0.2) is 64.4 Å². The number of halogens is 1. The number of hydrogen-bond donors (Lipinski definition) is 2. The number of anilines is 1. The molecule has 0 spiro atoms. The molecule has 2 atom stereocenters. The molecule has 0 aliphatic carbocycles. The van der Waals surface area contributed by atoms with Gasteiger partial charge in [-0.3, -0.25) is 9.10 Å². The predicted molar refractivity (Wildman–Crippen MR) is 141 cm³/mol. The van der Waals surface area contributed by atoms with Gasteiger partial charge in [0.1, 0.15) is 10.7 Å². The summed E-state index contributed by atoms with van der Waals surface area (Å²) < 4.78 is 72.2. The summed E-state index contributed by atoms with van der Waals surface area (Å²) in [7, 11) is -6.13. The van der Waals surface area contributed by atoms with Crippen LogP contribution in [0.2, 0.25) is 0 Å². The maximum atomic E-state index is 15.3. The average Bonchev–Trinajstić information content (AvgIpc) is 2.91. The van der Waals surface area contributed by atoms with Crippen molar-refractivity contribution >= 4 is 31.5 Å². The van der Waals surface area contributed by atoms with Crippen LogP contribution in [0.5, 0.6) is 5.88 Å². The predicted octanol–water partition coefficient (Wildman–Crippen LogP) is 2.63. The van der Waals surface area contributed by atoms with Crippen molar-refractivity contribution in [2.75, 3.05) is 23.8 Å². The van der Waals surface area contributed by atoms with Gasteiger partial charge in [-0.1, -0.05) is 19.1 Å². The molecule has 0 saturated heterocycles. The lowest BCUT2D eigenvalue weighted by Crippen LogP contribution is -2.45. The van der Waals surface area contributed by atoms with Crippen LogP contribution in [0.1, 0.15) is 41.5 Å². The lowest BCUT2D eigenvalue weighted by Gasteiger charge is -2.35. The Labute approximate surface area is 226 Å². The summed E-state index contributed by atoms with van der Waals surface area (Å²) >= 11 is 0. The fourth-order valence-electron chi connectivity index (χ4n) is 4.41. The molecular weight excluding hydrogens is 549 g/mol. The quantitative estimate of drug-likeness (QED) is 0.416. The van der Waals surface area contributed by atoms with E-state index in [2.05, 4.69) is 10.3 Å². The topological polar surface area (TPSA) is 143 Å². The second-order valence-electron chi connectivity index (χ2n) is 9.00. The molecule has 2 heterocycles. The van der Waals surface area contributed by atoms with Gasteiger partial charge in [-0.2, -0.15) is 0 Å². The Morgan fingerprint density at radius 2 is 1.90 bits per heavy atom. The third-order valence-corrected chi connectivity index (χ3v) is 10.3. The number of nitrogens with zero attached hydrogens (tertiary/aromatic N) is 2. The zero-order valence-corrected chi connectivity index (χ0v) is 23.1. The van der Waals surface area contributed by atoms with E-state index in [-0.39, 0.29) is 39.1 Å². The smallest absolute Gasteiger partial charge is 0.266 e. The molecule has 0 radical (unpaired) electrons. The third kappa shape index (κ3) is 5.47. The molecule has 2 N–H and O–H groups in total. The molecule has 0 saturated carbocycles. The molecule has 3 aromatic rings. The number of ether oxygens (including phenoxy) is 1. The number of hydrogen-bond acceptors (Lipinski definition) is 8. The van der Waals surface area contributed by atoms with E-state index in [1.54, 1.807) is 6.92 Å². The van der Waals surface area contributed by atoms with Crippen molar-refractivity contribution in [3.63, 3.8) is 0 Å².